The molecule has 8 heteroatoms. The molecule has 1 aliphatic heterocycles. The number of carbonyl (C=O) groups is 2. The lowest BCUT2D eigenvalue weighted by atomic mass is 10.2. The third-order valence-corrected chi connectivity index (χ3v) is 4.04. The van der Waals surface area contributed by atoms with Crippen LogP contribution < -0.4 is 10.2 Å². The van der Waals surface area contributed by atoms with Crippen LogP contribution in [0.15, 0.2) is 12.1 Å². The Morgan fingerprint density at radius 3 is 2.61 bits per heavy atom. The number of nitrogens with zero attached hydrogens (tertiary/aromatic N) is 1. The first-order valence-electron chi connectivity index (χ1n) is 7.04. The topological polar surface area (TPSA) is 58.6 Å². The zero-order chi connectivity index (χ0) is 17.4. The second-order valence-electron chi connectivity index (χ2n) is 6.17. The summed E-state index contributed by atoms with van der Waals surface area (Å²) < 4.78 is 32.9. The molecule has 1 fully saturated rings. The highest BCUT2D eigenvalue weighted by Gasteiger charge is 2.36. The fraction of sp³-hybridized carbons (Fsp3) is 0.467. The van der Waals surface area contributed by atoms with Gasteiger partial charge in [0.25, 0.3) is 0 Å². The van der Waals surface area contributed by atoms with E-state index in [-0.39, 0.29) is 15.8 Å². The van der Waals surface area contributed by atoms with Gasteiger partial charge in [-0.05, 0) is 61.9 Å². The highest BCUT2D eigenvalue weighted by molar-refractivity contribution is 14.1. The summed E-state index contributed by atoms with van der Waals surface area (Å²) in [5, 5.41) is 2.46. The van der Waals surface area contributed by atoms with Crippen molar-refractivity contribution in [2.45, 2.75) is 38.8 Å². The van der Waals surface area contributed by atoms with Gasteiger partial charge in [0, 0.05) is 6.54 Å². The summed E-state index contributed by atoms with van der Waals surface area (Å²) in [7, 11) is 0. The number of rotatable bonds is 2. The highest BCUT2D eigenvalue weighted by atomic mass is 127. The summed E-state index contributed by atoms with van der Waals surface area (Å²) in [5.74, 6) is -2.54. The van der Waals surface area contributed by atoms with Crippen LogP contribution in [0.3, 0.4) is 0 Å². The number of carbonyl (C=O) groups excluding carboxylic acids is 2. The molecule has 0 aromatic heterocycles. The molecule has 2 rings (SSSR count). The summed E-state index contributed by atoms with van der Waals surface area (Å²) in [6, 6.07) is 1.94. The van der Waals surface area contributed by atoms with Crippen molar-refractivity contribution in [3.63, 3.8) is 0 Å². The summed E-state index contributed by atoms with van der Waals surface area (Å²) in [5.41, 5.74) is -0.807. The van der Waals surface area contributed by atoms with Gasteiger partial charge in [0.15, 0.2) is 11.6 Å². The molecule has 1 N–H and O–H groups in total. The van der Waals surface area contributed by atoms with Gasteiger partial charge in [-0.25, -0.2) is 13.6 Å². The lowest BCUT2D eigenvalue weighted by Crippen LogP contribution is -2.44. The van der Waals surface area contributed by atoms with Crippen LogP contribution in [0, 0.1) is 15.2 Å². The van der Waals surface area contributed by atoms with Crippen LogP contribution >= 0.6 is 22.6 Å². The van der Waals surface area contributed by atoms with E-state index in [4.69, 9.17) is 4.74 Å². The Kier molecular flexibility index (Phi) is 5.12. The smallest absolute Gasteiger partial charge is 0.408 e. The Balaban J connectivity index is 2.11. The normalized spacial score (nSPS) is 18.3. The molecule has 0 radical (unpaired) electrons. The number of halogens is 3. The second-order valence-corrected chi connectivity index (χ2v) is 7.33. The Hall–Kier alpha value is -1.45. The Bertz CT molecular complexity index is 646. The van der Waals surface area contributed by atoms with Crippen LogP contribution in [0.5, 0.6) is 0 Å². The minimum Gasteiger partial charge on any atom is -0.444 e. The van der Waals surface area contributed by atoms with Crippen LogP contribution in [0.1, 0.15) is 27.2 Å². The number of nitrogens with one attached hydrogen (secondary N) is 1. The fourth-order valence-electron chi connectivity index (χ4n) is 2.23. The SMILES string of the molecule is CC(C)(C)OC(=O)NC1CCN(c2ccc(I)c(F)c2F)C1=O. The number of hydrogen-bond acceptors (Lipinski definition) is 3. The van der Waals surface area contributed by atoms with Crippen LogP contribution in [-0.4, -0.2) is 30.2 Å². The molecule has 1 aliphatic rings. The van der Waals surface area contributed by atoms with Gasteiger partial charge in [0.1, 0.15) is 11.6 Å². The van der Waals surface area contributed by atoms with E-state index in [9.17, 15) is 18.4 Å². The average Bonchev–Trinajstić information content (AvgIpc) is 2.76. The number of ether oxygens (including phenoxy) is 1. The molecular formula is C15H17F2IN2O3. The van der Waals surface area contributed by atoms with Crippen LogP contribution in [0.25, 0.3) is 0 Å². The number of alkyl carbamates (subject to hydrolysis) is 1. The molecule has 1 unspecified atom stereocenters. The van der Waals surface area contributed by atoms with E-state index in [0.717, 1.165) is 4.90 Å². The molecule has 1 atom stereocenters. The quantitative estimate of drug-likeness (QED) is 0.570. The van der Waals surface area contributed by atoms with Crippen LogP contribution in [-0.2, 0) is 9.53 Å². The van der Waals surface area contributed by atoms with Crippen molar-refractivity contribution < 1.29 is 23.1 Å². The highest BCUT2D eigenvalue weighted by Crippen LogP contribution is 2.28. The van der Waals surface area contributed by atoms with Crippen molar-refractivity contribution in [1.82, 2.24) is 5.32 Å². The van der Waals surface area contributed by atoms with E-state index < -0.39 is 35.3 Å². The van der Waals surface area contributed by atoms with Crippen molar-refractivity contribution in [2.75, 3.05) is 11.4 Å². The Morgan fingerprint density at radius 2 is 2.00 bits per heavy atom. The molecule has 1 saturated heterocycles. The minimum atomic E-state index is -1.07. The van der Waals surface area contributed by atoms with Crippen molar-refractivity contribution >= 4 is 40.3 Å². The average molecular weight is 438 g/mol. The lowest BCUT2D eigenvalue weighted by Gasteiger charge is -2.22. The summed E-state index contributed by atoms with van der Waals surface area (Å²) in [4.78, 5) is 25.2. The van der Waals surface area contributed by atoms with Crippen molar-refractivity contribution in [1.29, 1.82) is 0 Å². The number of hydrogen-bond donors (Lipinski definition) is 1. The summed E-state index contributed by atoms with van der Waals surface area (Å²) in [6.07, 6.45) is -0.419. The summed E-state index contributed by atoms with van der Waals surface area (Å²) in [6.45, 7) is 5.31. The molecule has 23 heavy (non-hydrogen) atoms. The first-order chi connectivity index (χ1) is 10.6. The molecule has 1 aromatic rings. The number of benzene rings is 1. The molecule has 0 aliphatic carbocycles. The van der Waals surface area contributed by atoms with Gasteiger partial charge in [0.05, 0.1) is 9.26 Å². The van der Waals surface area contributed by atoms with Crippen LogP contribution in [0.4, 0.5) is 19.3 Å². The molecule has 2 amide bonds. The zero-order valence-corrected chi connectivity index (χ0v) is 15.1. The predicted molar refractivity (Wildman–Crippen MR) is 89.2 cm³/mol. The van der Waals surface area contributed by atoms with E-state index in [0.29, 0.717) is 6.42 Å². The first kappa shape index (κ1) is 17.9. The molecule has 126 valence electrons. The van der Waals surface area contributed by atoms with E-state index in [1.807, 2.05) is 0 Å². The molecule has 1 aromatic carbocycles. The second kappa shape index (κ2) is 6.58. The lowest BCUT2D eigenvalue weighted by molar-refractivity contribution is -0.118. The maximum Gasteiger partial charge on any atom is 0.408 e. The van der Waals surface area contributed by atoms with Gasteiger partial charge in [-0.15, -0.1) is 0 Å². The van der Waals surface area contributed by atoms with E-state index in [1.54, 1.807) is 43.4 Å². The van der Waals surface area contributed by atoms with E-state index in [2.05, 4.69) is 5.32 Å². The largest absolute Gasteiger partial charge is 0.444 e. The number of amides is 2. The standard InChI is InChI=1S/C15H17F2IN2O3/c1-15(2,3)23-14(22)19-9-6-7-20(13(9)21)10-5-4-8(18)11(16)12(10)17/h4-5,9H,6-7H2,1-3H3,(H,19,22). The molecule has 0 bridgehead atoms. The minimum absolute atomic E-state index is 0.124. The van der Waals surface area contributed by atoms with Gasteiger partial charge in [-0.1, -0.05) is 0 Å². The van der Waals surface area contributed by atoms with Gasteiger partial charge in [0.2, 0.25) is 5.91 Å². The first-order valence-corrected chi connectivity index (χ1v) is 8.12. The maximum atomic E-state index is 14.0. The van der Waals surface area contributed by atoms with E-state index >= 15 is 0 Å². The van der Waals surface area contributed by atoms with Crippen molar-refractivity contribution in [3.8, 4) is 0 Å². The van der Waals surface area contributed by atoms with Gasteiger partial charge < -0.3 is 15.0 Å². The molecular weight excluding hydrogens is 421 g/mol. The Labute approximate surface area is 146 Å². The van der Waals surface area contributed by atoms with Crippen molar-refractivity contribution in [2.24, 2.45) is 0 Å². The monoisotopic (exact) mass is 438 g/mol. The molecule has 1 heterocycles. The fourth-order valence-corrected chi connectivity index (χ4v) is 2.64. The van der Waals surface area contributed by atoms with Gasteiger partial charge >= 0.3 is 6.09 Å². The van der Waals surface area contributed by atoms with Crippen molar-refractivity contribution in [3.05, 3.63) is 27.3 Å². The number of anilines is 1. The van der Waals surface area contributed by atoms with E-state index in [1.165, 1.54) is 12.1 Å². The van der Waals surface area contributed by atoms with Crippen LogP contribution in [0.2, 0.25) is 0 Å². The molecule has 0 spiro atoms. The third kappa shape index (κ3) is 4.10. The maximum absolute atomic E-state index is 14.0. The Morgan fingerprint density at radius 1 is 1.35 bits per heavy atom. The van der Waals surface area contributed by atoms with Gasteiger partial charge in [-0.3, -0.25) is 4.79 Å². The zero-order valence-electron chi connectivity index (χ0n) is 13.0. The van der Waals surface area contributed by atoms with Gasteiger partial charge in [-0.2, -0.15) is 0 Å². The molecule has 5 nitrogen and oxygen atoms in total. The third-order valence-electron chi connectivity index (χ3n) is 3.20. The molecule has 0 saturated carbocycles. The predicted octanol–water partition coefficient (Wildman–Crippen LogP) is 3.20. The summed E-state index contributed by atoms with van der Waals surface area (Å²) >= 11 is 1.68.